The van der Waals surface area contributed by atoms with Crippen molar-refractivity contribution in [3.8, 4) is 0 Å². The maximum absolute atomic E-state index is 12.4. The van der Waals surface area contributed by atoms with Gasteiger partial charge in [-0.05, 0) is 38.1 Å². The summed E-state index contributed by atoms with van der Waals surface area (Å²) in [6.07, 6.45) is -0.408. The summed E-state index contributed by atoms with van der Waals surface area (Å²) in [5.74, 6) is -0.133. The van der Waals surface area contributed by atoms with Crippen LogP contribution in [0.3, 0.4) is 0 Å². The van der Waals surface area contributed by atoms with E-state index in [0.29, 0.717) is 6.54 Å². The Balaban J connectivity index is 1.65. The third-order valence-electron chi connectivity index (χ3n) is 4.31. The van der Waals surface area contributed by atoms with Crippen LogP contribution in [0.15, 0.2) is 53.4 Å². The topological polar surface area (TPSA) is 75.7 Å². The van der Waals surface area contributed by atoms with Crippen molar-refractivity contribution >= 4 is 21.6 Å². The first kappa shape index (κ1) is 18.6. The summed E-state index contributed by atoms with van der Waals surface area (Å²) >= 11 is 0. The van der Waals surface area contributed by atoms with E-state index in [1.807, 2.05) is 38.1 Å². The number of nitrogens with zero attached hydrogens (tertiary/aromatic N) is 1. The van der Waals surface area contributed by atoms with E-state index in [1.54, 1.807) is 29.2 Å². The molecule has 7 heteroatoms. The van der Waals surface area contributed by atoms with Gasteiger partial charge >= 0.3 is 0 Å². The molecule has 0 aliphatic carbocycles. The molecule has 0 bridgehead atoms. The van der Waals surface area contributed by atoms with E-state index >= 15 is 0 Å². The van der Waals surface area contributed by atoms with Crippen LogP contribution in [-0.4, -0.2) is 40.1 Å². The number of ether oxygens (including phenoxy) is 1. The van der Waals surface area contributed by atoms with Gasteiger partial charge in [-0.1, -0.05) is 35.4 Å². The van der Waals surface area contributed by atoms with E-state index in [0.717, 1.165) is 16.8 Å². The van der Waals surface area contributed by atoms with Gasteiger partial charge in [0.1, 0.15) is 6.61 Å². The second-order valence-electron chi connectivity index (χ2n) is 6.44. The fourth-order valence-electron chi connectivity index (χ4n) is 2.73. The van der Waals surface area contributed by atoms with E-state index in [2.05, 4.69) is 4.72 Å². The number of amides is 1. The highest BCUT2D eigenvalue weighted by Crippen LogP contribution is 2.19. The van der Waals surface area contributed by atoms with Gasteiger partial charge in [-0.25, -0.2) is 13.1 Å². The number of aryl methyl sites for hydroxylation is 2. The molecule has 0 saturated carbocycles. The average Bonchev–Trinajstić information content (AvgIpc) is 2.62. The van der Waals surface area contributed by atoms with Gasteiger partial charge in [0.15, 0.2) is 0 Å². The molecule has 0 aromatic heterocycles. The Morgan fingerprint density at radius 3 is 2.23 bits per heavy atom. The summed E-state index contributed by atoms with van der Waals surface area (Å²) in [5, 5.41) is 0. The molecule has 26 heavy (non-hydrogen) atoms. The van der Waals surface area contributed by atoms with Crippen LogP contribution in [0, 0.1) is 13.8 Å². The Morgan fingerprint density at radius 1 is 1.04 bits per heavy atom. The Labute approximate surface area is 153 Å². The molecule has 1 saturated heterocycles. The standard InChI is InChI=1S/C19H22N2O4S/c1-14-3-7-16(8-4-14)21-12-17(25-13-19(21)22)11-20-26(23,24)18-9-5-15(2)6-10-18/h3-10,17,20H,11-13H2,1-2H3. The molecule has 1 aliphatic rings. The molecule has 1 fully saturated rings. The first-order valence-corrected chi connectivity index (χ1v) is 9.88. The van der Waals surface area contributed by atoms with Crippen molar-refractivity contribution in [2.75, 3.05) is 24.6 Å². The molecule has 1 aliphatic heterocycles. The lowest BCUT2D eigenvalue weighted by Gasteiger charge is -2.32. The van der Waals surface area contributed by atoms with Crippen LogP contribution < -0.4 is 9.62 Å². The van der Waals surface area contributed by atoms with Gasteiger partial charge in [-0.3, -0.25) is 4.79 Å². The highest BCUT2D eigenvalue weighted by Gasteiger charge is 2.28. The number of hydrogen-bond acceptors (Lipinski definition) is 4. The highest BCUT2D eigenvalue weighted by atomic mass is 32.2. The first-order chi connectivity index (χ1) is 12.3. The van der Waals surface area contributed by atoms with E-state index in [-0.39, 0.29) is 24.0 Å². The molecule has 2 aromatic carbocycles. The number of benzene rings is 2. The molecular weight excluding hydrogens is 352 g/mol. The normalized spacial score (nSPS) is 18.2. The molecule has 1 atom stereocenters. The maximum atomic E-state index is 12.4. The molecule has 1 amide bonds. The van der Waals surface area contributed by atoms with E-state index in [1.165, 1.54) is 0 Å². The minimum atomic E-state index is -3.61. The minimum Gasteiger partial charge on any atom is -0.365 e. The van der Waals surface area contributed by atoms with Crippen molar-refractivity contribution in [1.82, 2.24) is 4.72 Å². The molecule has 3 rings (SSSR count). The van der Waals surface area contributed by atoms with Crippen LogP contribution in [0.1, 0.15) is 11.1 Å². The lowest BCUT2D eigenvalue weighted by Crippen LogP contribution is -2.50. The van der Waals surface area contributed by atoms with E-state index in [4.69, 9.17) is 4.74 Å². The zero-order chi connectivity index (χ0) is 18.7. The first-order valence-electron chi connectivity index (χ1n) is 8.40. The predicted molar refractivity (Wildman–Crippen MR) is 99.6 cm³/mol. The van der Waals surface area contributed by atoms with Gasteiger partial charge in [0.25, 0.3) is 5.91 Å². The maximum Gasteiger partial charge on any atom is 0.253 e. The summed E-state index contributed by atoms with van der Waals surface area (Å²) < 4.78 is 32.9. The zero-order valence-electron chi connectivity index (χ0n) is 14.8. The van der Waals surface area contributed by atoms with Gasteiger partial charge < -0.3 is 9.64 Å². The van der Waals surface area contributed by atoms with Gasteiger partial charge in [0.05, 0.1) is 17.5 Å². The van der Waals surface area contributed by atoms with E-state index in [9.17, 15) is 13.2 Å². The molecule has 1 N–H and O–H groups in total. The van der Waals surface area contributed by atoms with Crippen LogP contribution in [-0.2, 0) is 19.6 Å². The summed E-state index contributed by atoms with van der Waals surface area (Å²) in [6, 6.07) is 14.3. The third kappa shape index (κ3) is 4.30. The summed E-state index contributed by atoms with van der Waals surface area (Å²) in [5.41, 5.74) is 2.89. The van der Waals surface area contributed by atoms with Gasteiger partial charge in [0, 0.05) is 12.2 Å². The van der Waals surface area contributed by atoms with Crippen molar-refractivity contribution < 1.29 is 17.9 Å². The number of carbonyl (C=O) groups is 1. The Hall–Kier alpha value is -2.22. The molecule has 138 valence electrons. The third-order valence-corrected chi connectivity index (χ3v) is 5.75. The minimum absolute atomic E-state index is 0.0647. The van der Waals surface area contributed by atoms with Crippen LogP contribution in [0.2, 0.25) is 0 Å². The molecule has 1 heterocycles. The van der Waals surface area contributed by atoms with Crippen molar-refractivity contribution in [3.05, 3.63) is 59.7 Å². The molecule has 2 aromatic rings. The van der Waals surface area contributed by atoms with Crippen molar-refractivity contribution in [3.63, 3.8) is 0 Å². The lowest BCUT2D eigenvalue weighted by atomic mass is 10.2. The molecule has 0 spiro atoms. The monoisotopic (exact) mass is 374 g/mol. The number of anilines is 1. The SMILES string of the molecule is Cc1ccc(N2CC(CNS(=O)(=O)c3ccc(C)cc3)OCC2=O)cc1. The fourth-order valence-corrected chi connectivity index (χ4v) is 3.79. The smallest absolute Gasteiger partial charge is 0.253 e. The highest BCUT2D eigenvalue weighted by molar-refractivity contribution is 7.89. The van der Waals surface area contributed by atoms with Gasteiger partial charge in [0.2, 0.25) is 10.0 Å². The number of rotatable bonds is 5. The average molecular weight is 374 g/mol. The molecule has 6 nitrogen and oxygen atoms in total. The van der Waals surface area contributed by atoms with Crippen molar-refractivity contribution in [2.45, 2.75) is 24.8 Å². The molecular formula is C19H22N2O4S. The summed E-state index contributed by atoms with van der Waals surface area (Å²) in [6.45, 7) is 4.22. The van der Waals surface area contributed by atoms with E-state index < -0.39 is 16.1 Å². The number of carbonyl (C=O) groups excluding carboxylic acids is 1. The fraction of sp³-hybridized carbons (Fsp3) is 0.316. The van der Waals surface area contributed by atoms with Crippen molar-refractivity contribution in [2.24, 2.45) is 0 Å². The van der Waals surface area contributed by atoms with Crippen LogP contribution in [0.4, 0.5) is 5.69 Å². The number of nitrogens with one attached hydrogen (secondary N) is 1. The van der Waals surface area contributed by atoms with Crippen LogP contribution >= 0.6 is 0 Å². The quantitative estimate of drug-likeness (QED) is 0.869. The van der Waals surface area contributed by atoms with Crippen molar-refractivity contribution in [1.29, 1.82) is 0 Å². The summed E-state index contributed by atoms with van der Waals surface area (Å²) in [4.78, 5) is 14.0. The number of hydrogen-bond donors (Lipinski definition) is 1. The van der Waals surface area contributed by atoms with Gasteiger partial charge in [-0.15, -0.1) is 0 Å². The van der Waals surface area contributed by atoms with Crippen LogP contribution in [0.25, 0.3) is 0 Å². The van der Waals surface area contributed by atoms with Gasteiger partial charge in [-0.2, -0.15) is 0 Å². The Bertz CT molecular complexity index is 877. The molecule has 0 radical (unpaired) electrons. The largest absolute Gasteiger partial charge is 0.365 e. The number of sulfonamides is 1. The second kappa shape index (κ2) is 7.57. The lowest BCUT2D eigenvalue weighted by molar-refractivity contribution is -0.129. The molecule has 1 unspecified atom stereocenters. The number of morpholine rings is 1. The van der Waals surface area contributed by atoms with Crippen LogP contribution in [0.5, 0.6) is 0 Å². The second-order valence-corrected chi connectivity index (χ2v) is 8.20. The predicted octanol–water partition coefficient (Wildman–Crippen LogP) is 2.01. The summed E-state index contributed by atoms with van der Waals surface area (Å²) in [7, 11) is -3.61. The Morgan fingerprint density at radius 2 is 1.62 bits per heavy atom. The zero-order valence-corrected chi connectivity index (χ0v) is 15.6. The Kier molecular flexibility index (Phi) is 5.41.